The van der Waals surface area contributed by atoms with Crippen molar-refractivity contribution in [1.82, 2.24) is 19.4 Å². The second-order valence-corrected chi connectivity index (χ2v) is 7.30. The molecule has 1 unspecified atom stereocenters. The van der Waals surface area contributed by atoms with Gasteiger partial charge in [0.15, 0.2) is 0 Å². The third-order valence-electron chi connectivity index (χ3n) is 5.51. The second-order valence-electron chi connectivity index (χ2n) is 7.30. The van der Waals surface area contributed by atoms with Crippen molar-refractivity contribution in [2.45, 2.75) is 39.4 Å². The molecule has 0 N–H and O–H groups in total. The molecular weight excluding hydrogens is 332 g/mol. The van der Waals surface area contributed by atoms with Gasteiger partial charge in [-0.1, -0.05) is 0 Å². The predicted octanol–water partition coefficient (Wildman–Crippen LogP) is 1.44. The number of amides is 1. The molecule has 2 aliphatic rings. The van der Waals surface area contributed by atoms with Crippen molar-refractivity contribution in [3.05, 3.63) is 51.6 Å². The maximum Gasteiger partial charge on any atom is 0.258 e. The van der Waals surface area contributed by atoms with Gasteiger partial charge in [0.05, 0.1) is 43.1 Å². The number of aromatic nitrogens is 2. The number of nitrogens with zero attached hydrogens (tertiary/aromatic N) is 4. The molecule has 0 spiro atoms. The topological polar surface area (TPSA) is 71.6 Å². The molecule has 1 saturated heterocycles. The summed E-state index contributed by atoms with van der Waals surface area (Å²) in [5.74, 6) is 1.71. The van der Waals surface area contributed by atoms with E-state index in [9.17, 15) is 9.59 Å². The van der Waals surface area contributed by atoms with Crippen LogP contribution in [0.4, 0.5) is 0 Å². The zero-order valence-corrected chi connectivity index (χ0v) is 15.3. The van der Waals surface area contributed by atoms with Crippen LogP contribution in [-0.2, 0) is 31.5 Å². The lowest BCUT2D eigenvalue weighted by Gasteiger charge is -2.33. The molecule has 1 amide bonds. The molecule has 4 heterocycles. The minimum Gasteiger partial charge on any atom is -0.468 e. The van der Waals surface area contributed by atoms with Crippen LogP contribution < -0.4 is 5.56 Å². The van der Waals surface area contributed by atoms with E-state index in [0.29, 0.717) is 24.5 Å². The third kappa shape index (κ3) is 3.07. The first kappa shape index (κ1) is 17.0. The molecule has 0 aliphatic carbocycles. The number of rotatable bonds is 3. The Bertz CT molecular complexity index is 872. The minimum atomic E-state index is -0.0362. The molecule has 1 atom stereocenters. The van der Waals surface area contributed by atoms with Gasteiger partial charge < -0.3 is 9.32 Å². The Labute approximate surface area is 152 Å². The summed E-state index contributed by atoms with van der Waals surface area (Å²) in [5.41, 5.74) is 1.38. The van der Waals surface area contributed by atoms with Gasteiger partial charge in [-0.25, -0.2) is 4.98 Å². The number of carbonyl (C=O) groups is 1. The van der Waals surface area contributed by atoms with Gasteiger partial charge in [0.2, 0.25) is 5.91 Å². The van der Waals surface area contributed by atoms with E-state index in [2.05, 4.69) is 9.88 Å². The lowest BCUT2D eigenvalue weighted by atomic mass is 9.96. The van der Waals surface area contributed by atoms with E-state index >= 15 is 0 Å². The van der Waals surface area contributed by atoms with Crippen molar-refractivity contribution in [2.24, 2.45) is 13.0 Å². The molecule has 138 valence electrons. The molecular formula is C19H24N4O3. The number of hydrogen-bond donors (Lipinski definition) is 0. The van der Waals surface area contributed by atoms with E-state index in [0.717, 1.165) is 43.9 Å². The molecule has 26 heavy (non-hydrogen) atoms. The number of hydrogen-bond acceptors (Lipinski definition) is 5. The maximum atomic E-state index is 13.0. The summed E-state index contributed by atoms with van der Waals surface area (Å²) in [6.45, 7) is 5.09. The fourth-order valence-electron chi connectivity index (χ4n) is 3.97. The summed E-state index contributed by atoms with van der Waals surface area (Å²) in [6.07, 6.45) is 3.57. The lowest BCUT2D eigenvalue weighted by Crippen LogP contribution is -2.43. The highest BCUT2D eigenvalue weighted by Gasteiger charge is 2.34. The van der Waals surface area contributed by atoms with E-state index in [-0.39, 0.29) is 17.4 Å². The zero-order valence-electron chi connectivity index (χ0n) is 15.3. The normalized spacial score (nSPS) is 20.4. The van der Waals surface area contributed by atoms with E-state index in [1.54, 1.807) is 22.8 Å². The molecule has 7 nitrogen and oxygen atoms in total. The van der Waals surface area contributed by atoms with E-state index < -0.39 is 0 Å². The summed E-state index contributed by atoms with van der Waals surface area (Å²) >= 11 is 0. The Morgan fingerprint density at radius 3 is 3.00 bits per heavy atom. The Hall–Kier alpha value is -2.41. The first-order valence-electron chi connectivity index (χ1n) is 9.12. The van der Waals surface area contributed by atoms with Gasteiger partial charge in [-0.05, 0) is 38.4 Å². The van der Waals surface area contributed by atoms with E-state index in [1.807, 2.05) is 19.1 Å². The number of likely N-dealkylation sites (tertiary alicyclic amines) is 1. The molecule has 7 heteroatoms. The Balaban J connectivity index is 1.45. The van der Waals surface area contributed by atoms with E-state index in [4.69, 9.17) is 4.42 Å². The Morgan fingerprint density at radius 2 is 2.23 bits per heavy atom. The van der Waals surface area contributed by atoms with Gasteiger partial charge in [-0.3, -0.25) is 19.1 Å². The Kier molecular flexibility index (Phi) is 4.40. The second kappa shape index (κ2) is 6.72. The molecule has 1 fully saturated rings. The van der Waals surface area contributed by atoms with Gasteiger partial charge in [-0.2, -0.15) is 0 Å². The summed E-state index contributed by atoms with van der Waals surface area (Å²) in [5, 5.41) is 0. The van der Waals surface area contributed by atoms with Crippen molar-refractivity contribution in [2.75, 3.05) is 13.1 Å². The highest BCUT2D eigenvalue weighted by atomic mass is 16.3. The van der Waals surface area contributed by atoms with Crippen LogP contribution >= 0.6 is 0 Å². The fourth-order valence-corrected chi connectivity index (χ4v) is 3.97. The SMILES string of the molecule is Cc1nc2c(c(=O)n1C)CN(C(=O)C1CCCN(Cc3ccco3)C1)C2. The van der Waals surface area contributed by atoms with Crippen molar-refractivity contribution in [3.63, 3.8) is 0 Å². The van der Waals surface area contributed by atoms with Crippen LogP contribution in [-0.4, -0.2) is 38.3 Å². The third-order valence-corrected chi connectivity index (χ3v) is 5.51. The molecule has 0 aromatic carbocycles. The quantitative estimate of drug-likeness (QED) is 0.832. The highest BCUT2D eigenvalue weighted by Crippen LogP contribution is 2.25. The van der Waals surface area contributed by atoms with Crippen molar-refractivity contribution < 1.29 is 9.21 Å². The first-order chi connectivity index (χ1) is 12.5. The van der Waals surface area contributed by atoms with Crippen LogP contribution in [0, 0.1) is 12.8 Å². The van der Waals surface area contributed by atoms with Gasteiger partial charge >= 0.3 is 0 Å². The van der Waals surface area contributed by atoms with Crippen molar-refractivity contribution in [3.8, 4) is 0 Å². The number of fused-ring (bicyclic) bond motifs is 1. The predicted molar refractivity (Wildman–Crippen MR) is 95.2 cm³/mol. The van der Waals surface area contributed by atoms with Gasteiger partial charge in [0, 0.05) is 13.6 Å². The van der Waals surface area contributed by atoms with Gasteiger partial charge in [0.25, 0.3) is 5.56 Å². The summed E-state index contributed by atoms with van der Waals surface area (Å²) in [6, 6.07) is 3.85. The summed E-state index contributed by atoms with van der Waals surface area (Å²) in [7, 11) is 1.73. The molecule has 0 radical (unpaired) electrons. The molecule has 0 bridgehead atoms. The van der Waals surface area contributed by atoms with Crippen molar-refractivity contribution in [1.29, 1.82) is 0 Å². The number of aryl methyl sites for hydroxylation is 1. The van der Waals surface area contributed by atoms with Crippen LogP contribution in [0.5, 0.6) is 0 Å². The standard InChI is InChI=1S/C19H24N4O3/c1-13-20-17-12-23(11-16(17)19(25)21(13)2)18(24)14-5-3-7-22(9-14)10-15-6-4-8-26-15/h4,6,8,14H,3,5,7,9-12H2,1-2H3. The number of carbonyl (C=O) groups excluding carboxylic acids is 1. The zero-order chi connectivity index (χ0) is 18.3. The van der Waals surface area contributed by atoms with Crippen LogP contribution in [0.2, 0.25) is 0 Å². The van der Waals surface area contributed by atoms with Crippen LogP contribution in [0.15, 0.2) is 27.6 Å². The molecule has 0 saturated carbocycles. The smallest absolute Gasteiger partial charge is 0.258 e. The van der Waals surface area contributed by atoms with Crippen LogP contribution in [0.3, 0.4) is 0 Å². The maximum absolute atomic E-state index is 13.0. The summed E-state index contributed by atoms with van der Waals surface area (Å²) < 4.78 is 6.98. The van der Waals surface area contributed by atoms with Gasteiger partial charge in [0.1, 0.15) is 11.6 Å². The van der Waals surface area contributed by atoms with E-state index in [1.165, 1.54) is 0 Å². The van der Waals surface area contributed by atoms with Crippen LogP contribution in [0.1, 0.15) is 35.7 Å². The molecule has 2 aromatic rings. The Morgan fingerprint density at radius 1 is 1.38 bits per heavy atom. The average Bonchev–Trinajstić information content (AvgIpc) is 3.29. The van der Waals surface area contributed by atoms with Gasteiger partial charge in [-0.15, -0.1) is 0 Å². The van der Waals surface area contributed by atoms with Crippen molar-refractivity contribution >= 4 is 5.91 Å². The molecule has 4 rings (SSSR count). The molecule has 2 aliphatic heterocycles. The van der Waals surface area contributed by atoms with Crippen LogP contribution in [0.25, 0.3) is 0 Å². The highest BCUT2D eigenvalue weighted by molar-refractivity contribution is 5.79. The average molecular weight is 356 g/mol. The largest absolute Gasteiger partial charge is 0.468 e. The minimum absolute atomic E-state index is 0.0297. The molecule has 2 aromatic heterocycles. The number of piperidine rings is 1. The fraction of sp³-hybridized carbons (Fsp3) is 0.526. The monoisotopic (exact) mass is 356 g/mol. The first-order valence-corrected chi connectivity index (χ1v) is 9.12. The lowest BCUT2D eigenvalue weighted by molar-refractivity contribution is -0.138. The number of furan rings is 1. The summed E-state index contributed by atoms with van der Waals surface area (Å²) in [4.78, 5) is 34.0.